The monoisotopic (exact) mass is 667 g/mol. The molecule has 3 fully saturated rings. The highest BCUT2D eigenvalue weighted by Gasteiger charge is 2.68. The van der Waals surface area contributed by atoms with Crippen molar-refractivity contribution in [2.75, 3.05) is 31.1 Å². The van der Waals surface area contributed by atoms with Gasteiger partial charge in [-0.05, 0) is 82.7 Å². The Morgan fingerprint density at radius 2 is 1.96 bits per heavy atom. The van der Waals surface area contributed by atoms with Gasteiger partial charge in [-0.1, -0.05) is 24.3 Å². The van der Waals surface area contributed by atoms with Crippen LogP contribution in [0.25, 0.3) is 33.2 Å². The van der Waals surface area contributed by atoms with Crippen LogP contribution in [0.3, 0.4) is 0 Å². The summed E-state index contributed by atoms with van der Waals surface area (Å²) in [6, 6.07) is 11.4. The van der Waals surface area contributed by atoms with E-state index in [1.807, 2.05) is 68.9 Å². The van der Waals surface area contributed by atoms with E-state index in [0.717, 1.165) is 77.3 Å². The Morgan fingerprint density at radius 1 is 1.12 bits per heavy atom. The molecule has 0 radical (unpaired) electrons. The zero-order chi connectivity index (χ0) is 33.2. The first-order valence-electron chi connectivity index (χ1n) is 16.8. The van der Waals surface area contributed by atoms with Crippen LogP contribution in [-0.4, -0.2) is 67.8 Å². The van der Waals surface area contributed by atoms with E-state index in [1.54, 1.807) is 17.4 Å². The van der Waals surface area contributed by atoms with E-state index in [-0.39, 0.29) is 17.4 Å². The number of hydrogen-bond donors (Lipinski definition) is 2. The van der Waals surface area contributed by atoms with E-state index in [1.165, 1.54) is 0 Å². The minimum absolute atomic E-state index is 0.225. The van der Waals surface area contributed by atoms with Crippen molar-refractivity contribution in [2.45, 2.75) is 70.6 Å². The predicted molar refractivity (Wildman–Crippen MR) is 185 cm³/mol. The van der Waals surface area contributed by atoms with E-state index in [9.17, 15) is 9.90 Å². The molecule has 3 aromatic heterocycles. The molecule has 250 valence electrons. The van der Waals surface area contributed by atoms with Crippen molar-refractivity contribution in [3.8, 4) is 17.0 Å². The molecular weight excluding hydrogens is 627 g/mol. The summed E-state index contributed by atoms with van der Waals surface area (Å²) in [6.45, 7) is 10.4. The first-order valence-corrected chi connectivity index (χ1v) is 17.7. The lowest BCUT2D eigenvalue weighted by Crippen LogP contribution is -2.38. The number of anilines is 1. The second kappa shape index (κ2) is 11.7. The van der Waals surface area contributed by atoms with Crippen LogP contribution in [0, 0.1) is 18.8 Å². The molecule has 3 aliphatic rings. The summed E-state index contributed by atoms with van der Waals surface area (Å²) in [5, 5.41) is 23.6. The highest BCUT2D eigenvalue weighted by molar-refractivity contribution is 7.09. The average Bonchev–Trinajstić information content (AvgIpc) is 3.29. The summed E-state index contributed by atoms with van der Waals surface area (Å²) in [5.41, 5.74) is 3.21. The van der Waals surface area contributed by atoms with Crippen molar-refractivity contribution in [3.63, 3.8) is 0 Å². The molecule has 48 heavy (non-hydrogen) atoms. The van der Waals surface area contributed by atoms with Crippen LogP contribution >= 0.6 is 11.3 Å². The van der Waals surface area contributed by atoms with Gasteiger partial charge in [-0.15, -0.1) is 11.3 Å². The molecule has 2 aromatic carbocycles. The number of benzene rings is 2. The summed E-state index contributed by atoms with van der Waals surface area (Å²) < 4.78 is 13.7. The standard InChI is InChI=1S/C36H41N7O4S/c1-21-19-48-33(39-21)36(20-38-34(45)47-35(2,3)4)25-14-15-42(18-26(25)36)28-17-37-31-30(24-12-13-27(44)23-10-6-5-9-22(23)24)41-43(32(31)40-28)29-11-7-8-16-46-29/h5-6,9-10,12-13,17,19,25-26,29,44H,7-8,11,14-16,18,20H2,1-4H3,(H,38,45). The Balaban J connectivity index is 1.13. The maximum atomic E-state index is 12.7. The van der Waals surface area contributed by atoms with E-state index in [0.29, 0.717) is 36.2 Å². The van der Waals surface area contributed by atoms with Gasteiger partial charge in [0.2, 0.25) is 0 Å². The molecule has 2 N–H and O–H groups in total. The molecule has 8 rings (SSSR count). The first kappa shape index (κ1) is 31.0. The number of aryl methyl sites for hydroxylation is 1. The Morgan fingerprint density at radius 3 is 2.71 bits per heavy atom. The number of carbonyl (C=O) groups excluding carboxylic acids is 1. The van der Waals surface area contributed by atoms with Gasteiger partial charge >= 0.3 is 6.09 Å². The smallest absolute Gasteiger partial charge is 0.407 e. The maximum absolute atomic E-state index is 12.7. The number of ether oxygens (including phenoxy) is 2. The normalized spacial score (nSPS) is 24.1. The SMILES string of the molecule is Cc1csc(C2(CNC(=O)OC(C)(C)C)C3CCN(c4cnc5c(-c6ccc(O)c7ccccc67)nn(C6CCCCO6)c5n4)CC32)n1. The number of nitrogens with one attached hydrogen (secondary N) is 1. The van der Waals surface area contributed by atoms with Crippen molar-refractivity contribution >= 4 is 45.2 Å². The summed E-state index contributed by atoms with van der Waals surface area (Å²) in [6.07, 6.45) is 5.13. The molecule has 1 aliphatic carbocycles. The van der Waals surface area contributed by atoms with Crippen LogP contribution in [-0.2, 0) is 14.9 Å². The third-order valence-electron chi connectivity index (χ3n) is 10.1. The minimum atomic E-state index is -0.566. The number of amides is 1. The fourth-order valence-corrected chi connectivity index (χ4v) is 8.91. The Bertz CT molecular complexity index is 2010. The molecule has 1 saturated carbocycles. The van der Waals surface area contributed by atoms with Gasteiger partial charge < -0.3 is 24.8 Å². The van der Waals surface area contributed by atoms with E-state index >= 15 is 0 Å². The van der Waals surface area contributed by atoms with Crippen LogP contribution in [0.2, 0.25) is 0 Å². The Hall–Kier alpha value is -4.29. The van der Waals surface area contributed by atoms with Gasteiger partial charge in [0.05, 0.1) is 6.20 Å². The van der Waals surface area contributed by atoms with E-state index in [4.69, 9.17) is 29.5 Å². The van der Waals surface area contributed by atoms with Crippen molar-refractivity contribution in [2.24, 2.45) is 11.8 Å². The van der Waals surface area contributed by atoms with Gasteiger partial charge in [0, 0.05) is 53.7 Å². The number of phenols is 1. The highest BCUT2D eigenvalue weighted by Crippen LogP contribution is 2.64. The first-order chi connectivity index (χ1) is 23.1. The molecule has 0 spiro atoms. The fraction of sp³-hybridized carbons (Fsp3) is 0.472. The Labute approximate surface area is 283 Å². The average molecular weight is 668 g/mol. The summed E-state index contributed by atoms with van der Waals surface area (Å²) in [5.74, 6) is 1.74. The number of piperidine rings is 1. The lowest BCUT2D eigenvalue weighted by Gasteiger charge is -2.27. The van der Waals surface area contributed by atoms with Crippen LogP contribution in [0.4, 0.5) is 10.6 Å². The summed E-state index contributed by atoms with van der Waals surface area (Å²) in [4.78, 5) is 30.2. The number of thiazole rings is 1. The van der Waals surface area contributed by atoms with Crippen LogP contribution in [0.5, 0.6) is 5.75 Å². The number of nitrogens with zero attached hydrogens (tertiary/aromatic N) is 6. The van der Waals surface area contributed by atoms with Crippen LogP contribution < -0.4 is 10.2 Å². The van der Waals surface area contributed by atoms with Gasteiger partial charge in [0.1, 0.15) is 33.4 Å². The van der Waals surface area contributed by atoms with Gasteiger partial charge in [-0.2, -0.15) is 5.10 Å². The zero-order valence-electron chi connectivity index (χ0n) is 27.8. The fourth-order valence-electron chi connectivity index (χ4n) is 7.78. The van der Waals surface area contributed by atoms with Crippen LogP contribution in [0.15, 0.2) is 48.0 Å². The summed E-state index contributed by atoms with van der Waals surface area (Å²) >= 11 is 1.68. The molecule has 4 unspecified atom stereocenters. The van der Waals surface area contributed by atoms with E-state index in [2.05, 4.69) is 15.6 Å². The molecule has 5 heterocycles. The van der Waals surface area contributed by atoms with Gasteiger partial charge in [-0.25, -0.2) is 24.4 Å². The number of aromatic nitrogens is 5. The lowest BCUT2D eigenvalue weighted by molar-refractivity contribution is -0.0368. The third kappa shape index (κ3) is 5.35. The summed E-state index contributed by atoms with van der Waals surface area (Å²) in [7, 11) is 0. The van der Waals surface area contributed by atoms with Crippen LogP contribution in [0.1, 0.15) is 63.4 Å². The second-order valence-corrected chi connectivity index (χ2v) is 15.2. The number of hydrogen-bond acceptors (Lipinski definition) is 10. The van der Waals surface area contributed by atoms with Crippen molar-refractivity contribution in [1.82, 2.24) is 30.0 Å². The largest absolute Gasteiger partial charge is 0.507 e. The zero-order valence-corrected chi connectivity index (χ0v) is 28.6. The number of alkyl carbamates (subject to hydrolysis) is 1. The van der Waals surface area contributed by atoms with E-state index < -0.39 is 11.7 Å². The minimum Gasteiger partial charge on any atom is -0.507 e. The van der Waals surface area contributed by atoms with Crippen molar-refractivity contribution < 1.29 is 19.4 Å². The third-order valence-corrected chi connectivity index (χ3v) is 11.2. The topological polar surface area (TPSA) is 128 Å². The number of carbonyl (C=O) groups is 1. The van der Waals surface area contributed by atoms with Crippen molar-refractivity contribution in [3.05, 3.63) is 58.7 Å². The number of fused-ring (bicyclic) bond motifs is 3. The second-order valence-electron chi connectivity index (χ2n) is 14.3. The van der Waals surface area contributed by atoms with Gasteiger partial charge in [0.25, 0.3) is 0 Å². The van der Waals surface area contributed by atoms with Gasteiger partial charge in [-0.3, -0.25) is 0 Å². The van der Waals surface area contributed by atoms with Crippen molar-refractivity contribution in [1.29, 1.82) is 0 Å². The predicted octanol–water partition coefficient (Wildman–Crippen LogP) is 6.73. The molecule has 1 amide bonds. The molecule has 11 nitrogen and oxygen atoms in total. The molecule has 0 bridgehead atoms. The maximum Gasteiger partial charge on any atom is 0.407 e. The molecule has 5 aromatic rings. The number of rotatable bonds is 6. The lowest BCUT2D eigenvalue weighted by atomic mass is 10.0. The Kier molecular flexibility index (Phi) is 7.55. The molecular formula is C36H41N7O4S. The molecule has 2 aliphatic heterocycles. The number of phenolic OH excluding ortho intramolecular Hbond substituents is 1. The molecule has 2 saturated heterocycles. The van der Waals surface area contributed by atoms with Gasteiger partial charge in [0.15, 0.2) is 11.9 Å². The highest BCUT2D eigenvalue weighted by atomic mass is 32.1. The molecule has 12 heteroatoms. The number of aromatic hydroxyl groups is 1. The quantitative estimate of drug-likeness (QED) is 0.203. The molecule has 4 atom stereocenters.